The first-order chi connectivity index (χ1) is 13.3. The fraction of sp³-hybridized carbons (Fsp3) is 0.300. The number of hydrogen-bond donors (Lipinski definition) is 3. The number of benzene rings is 2. The largest absolute Gasteiger partial charge is 0.350 e. The Balaban J connectivity index is 2.14. The zero-order valence-corrected chi connectivity index (χ0v) is 17.0. The molecule has 0 aromatic heterocycles. The Hall–Kier alpha value is -2.87. The lowest BCUT2D eigenvalue weighted by molar-refractivity contribution is 0.0940. The molecule has 2 amide bonds. The fourth-order valence-corrected chi connectivity index (χ4v) is 2.97. The van der Waals surface area contributed by atoms with Crippen LogP contribution >= 0.6 is 0 Å². The third-order valence-corrected chi connectivity index (χ3v) is 5.52. The molecule has 0 aliphatic heterocycles. The lowest BCUT2D eigenvalue weighted by Gasteiger charge is -2.15. The van der Waals surface area contributed by atoms with E-state index in [0.717, 1.165) is 6.42 Å². The minimum Gasteiger partial charge on any atom is -0.350 e. The van der Waals surface area contributed by atoms with E-state index < -0.39 is 15.9 Å². The van der Waals surface area contributed by atoms with Gasteiger partial charge in [0.1, 0.15) is 0 Å². The van der Waals surface area contributed by atoms with Crippen LogP contribution in [0.1, 0.15) is 47.9 Å². The van der Waals surface area contributed by atoms with E-state index in [1.165, 1.54) is 24.3 Å². The molecule has 8 heteroatoms. The van der Waals surface area contributed by atoms with E-state index in [-0.39, 0.29) is 17.7 Å². The summed E-state index contributed by atoms with van der Waals surface area (Å²) in [5, 5.41) is 5.62. The van der Waals surface area contributed by atoms with Gasteiger partial charge in [-0.15, -0.1) is 0 Å². The van der Waals surface area contributed by atoms with Gasteiger partial charge in [0, 0.05) is 17.3 Å². The van der Waals surface area contributed by atoms with Gasteiger partial charge < -0.3 is 10.6 Å². The highest BCUT2D eigenvalue weighted by Crippen LogP contribution is 2.18. The minimum absolute atomic E-state index is 0.0238. The van der Waals surface area contributed by atoms with Crippen molar-refractivity contribution in [3.63, 3.8) is 0 Å². The van der Waals surface area contributed by atoms with Crippen LogP contribution in [0.25, 0.3) is 0 Å². The van der Waals surface area contributed by atoms with Crippen molar-refractivity contribution in [2.75, 3.05) is 15.8 Å². The third-order valence-electron chi connectivity index (χ3n) is 4.21. The highest BCUT2D eigenvalue weighted by atomic mass is 32.2. The fourth-order valence-electron chi connectivity index (χ4n) is 2.33. The number of nitrogens with one attached hydrogen (secondary N) is 3. The van der Waals surface area contributed by atoms with Crippen LogP contribution in [0.3, 0.4) is 0 Å². The Morgan fingerprint density at radius 2 is 1.61 bits per heavy atom. The second kappa shape index (κ2) is 9.36. The van der Waals surface area contributed by atoms with Gasteiger partial charge in [0.05, 0.1) is 17.0 Å². The van der Waals surface area contributed by atoms with Crippen molar-refractivity contribution >= 4 is 33.2 Å². The molecular formula is C20H25N3O4S. The SMILES string of the molecule is CC[C@@H](C)NC(=O)c1ccccc1NC(=O)c1ccc(NS(=O)(=O)CC)cc1. The summed E-state index contributed by atoms with van der Waals surface area (Å²) in [6.07, 6.45) is 0.800. The molecule has 0 aliphatic carbocycles. The van der Waals surface area contributed by atoms with Crippen LogP contribution in [0.2, 0.25) is 0 Å². The van der Waals surface area contributed by atoms with Crippen molar-refractivity contribution < 1.29 is 18.0 Å². The van der Waals surface area contributed by atoms with E-state index in [1.54, 1.807) is 31.2 Å². The van der Waals surface area contributed by atoms with Crippen LogP contribution in [0.4, 0.5) is 11.4 Å². The normalized spacial score (nSPS) is 12.1. The molecule has 2 aromatic carbocycles. The average Bonchev–Trinajstić information content (AvgIpc) is 2.68. The van der Waals surface area contributed by atoms with E-state index in [0.29, 0.717) is 22.5 Å². The minimum atomic E-state index is -3.38. The Morgan fingerprint density at radius 1 is 0.964 bits per heavy atom. The van der Waals surface area contributed by atoms with Crippen molar-refractivity contribution in [2.24, 2.45) is 0 Å². The van der Waals surface area contributed by atoms with Gasteiger partial charge >= 0.3 is 0 Å². The molecule has 0 saturated heterocycles. The standard InChI is InChI=1S/C20H25N3O4S/c1-4-14(3)21-20(25)17-8-6-7-9-18(17)22-19(24)15-10-12-16(13-11-15)23-28(26,27)5-2/h6-14,23H,4-5H2,1-3H3,(H,21,25)(H,22,24)/t14-/m1/s1. The molecule has 150 valence electrons. The van der Waals surface area contributed by atoms with Crippen LogP contribution in [0, 0.1) is 0 Å². The number of anilines is 2. The van der Waals surface area contributed by atoms with E-state index in [9.17, 15) is 18.0 Å². The summed E-state index contributed by atoms with van der Waals surface area (Å²) >= 11 is 0. The van der Waals surface area contributed by atoms with Gasteiger partial charge in [-0.05, 0) is 56.7 Å². The van der Waals surface area contributed by atoms with Gasteiger partial charge in [0.25, 0.3) is 11.8 Å². The molecule has 0 fully saturated rings. The molecule has 28 heavy (non-hydrogen) atoms. The van der Waals surface area contributed by atoms with E-state index in [2.05, 4.69) is 15.4 Å². The van der Waals surface area contributed by atoms with E-state index in [1.807, 2.05) is 13.8 Å². The van der Waals surface area contributed by atoms with Gasteiger partial charge in [-0.3, -0.25) is 14.3 Å². The first kappa shape index (κ1) is 21.4. The van der Waals surface area contributed by atoms with Crippen molar-refractivity contribution in [3.05, 3.63) is 59.7 Å². The zero-order valence-electron chi connectivity index (χ0n) is 16.2. The van der Waals surface area contributed by atoms with E-state index >= 15 is 0 Å². The van der Waals surface area contributed by atoms with Crippen LogP contribution in [-0.4, -0.2) is 32.0 Å². The highest BCUT2D eigenvalue weighted by Gasteiger charge is 2.15. The van der Waals surface area contributed by atoms with Gasteiger partial charge in [-0.25, -0.2) is 8.42 Å². The molecule has 0 saturated carbocycles. The molecule has 3 N–H and O–H groups in total. The average molecular weight is 404 g/mol. The molecule has 1 atom stereocenters. The molecule has 2 aromatic rings. The third kappa shape index (κ3) is 5.82. The van der Waals surface area contributed by atoms with Crippen LogP contribution < -0.4 is 15.4 Å². The highest BCUT2D eigenvalue weighted by molar-refractivity contribution is 7.92. The molecule has 7 nitrogen and oxygen atoms in total. The van der Waals surface area contributed by atoms with E-state index in [4.69, 9.17) is 0 Å². The molecule has 0 bridgehead atoms. The van der Waals surface area contributed by atoms with Gasteiger partial charge in [-0.2, -0.15) is 0 Å². The summed E-state index contributed by atoms with van der Waals surface area (Å²) in [5.41, 5.74) is 1.51. The summed E-state index contributed by atoms with van der Waals surface area (Å²) in [5.74, 6) is -0.687. The number of carbonyl (C=O) groups is 2. The van der Waals surface area contributed by atoms with Crippen LogP contribution in [0.15, 0.2) is 48.5 Å². The molecule has 2 rings (SSSR count). The number of sulfonamides is 1. The summed E-state index contributed by atoms with van der Waals surface area (Å²) in [7, 11) is -3.38. The second-order valence-corrected chi connectivity index (χ2v) is 8.38. The summed E-state index contributed by atoms with van der Waals surface area (Å²) in [4.78, 5) is 25.0. The predicted octanol–water partition coefficient (Wildman–Crippen LogP) is 3.23. The van der Waals surface area contributed by atoms with Gasteiger partial charge in [0.15, 0.2) is 0 Å². The second-order valence-electron chi connectivity index (χ2n) is 6.37. The number of para-hydroxylation sites is 1. The Kier molecular flexibility index (Phi) is 7.17. The lowest BCUT2D eigenvalue weighted by atomic mass is 10.1. The van der Waals surface area contributed by atoms with Crippen molar-refractivity contribution in [2.45, 2.75) is 33.2 Å². The smallest absolute Gasteiger partial charge is 0.255 e. The van der Waals surface area contributed by atoms with Crippen molar-refractivity contribution in [3.8, 4) is 0 Å². The van der Waals surface area contributed by atoms with Crippen molar-refractivity contribution in [1.29, 1.82) is 0 Å². The number of hydrogen-bond acceptors (Lipinski definition) is 4. The predicted molar refractivity (Wildman–Crippen MR) is 111 cm³/mol. The number of carbonyl (C=O) groups excluding carboxylic acids is 2. The summed E-state index contributed by atoms with van der Waals surface area (Å²) < 4.78 is 25.6. The monoisotopic (exact) mass is 403 g/mol. The van der Waals surface area contributed by atoms with Crippen LogP contribution in [-0.2, 0) is 10.0 Å². The molecular weight excluding hydrogens is 378 g/mol. The summed E-state index contributed by atoms with van der Waals surface area (Å²) in [6.45, 7) is 5.43. The first-order valence-electron chi connectivity index (χ1n) is 9.07. The molecule has 0 unspecified atom stereocenters. The van der Waals surface area contributed by atoms with Gasteiger partial charge in [0.2, 0.25) is 10.0 Å². The molecule has 0 radical (unpaired) electrons. The van der Waals surface area contributed by atoms with Crippen LogP contribution in [0.5, 0.6) is 0 Å². The molecule has 0 spiro atoms. The maximum Gasteiger partial charge on any atom is 0.255 e. The molecule has 0 aliphatic rings. The maximum atomic E-state index is 12.5. The first-order valence-corrected chi connectivity index (χ1v) is 10.7. The van der Waals surface area contributed by atoms with Gasteiger partial charge in [-0.1, -0.05) is 19.1 Å². The Bertz CT molecular complexity index is 940. The Labute approximate surface area is 165 Å². The quantitative estimate of drug-likeness (QED) is 0.629. The zero-order chi connectivity index (χ0) is 20.7. The summed E-state index contributed by atoms with van der Waals surface area (Å²) in [6, 6.07) is 12.9. The lowest BCUT2D eigenvalue weighted by Crippen LogP contribution is -2.32. The number of rotatable bonds is 8. The Morgan fingerprint density at radius 3 is 2.21 bits per heavy atom. The maximum absolute atomic E-state index is 12.5. The topological polar surface area (TPSA) is 104 Å². The number of amides is 2. The van der Waals surface area contributed by atoms with Crippen molar-refractivity contribution in [1.82, 2.24) is 5.32 Å². The molecule has 0 heterocycles.